The summed E-state index contributed by atoms with van der Waals surface area (Å²) in [6.45, 7) is 8.74. The number of aromatic amines is 1. The summed E-state index contributed by atoms with van der Waals surface area (Å²) in [5.74, 6) is 0.183. The first-order chi connectivity index (χ1) is 10.1. The molecule has 0 atom stereocenters. The highest BCUT2D eigenvalue weighted by molar-refractivity contribution is 7.20. The molecule has 6 nitrogen and oxygen atoms in total. The third-order valence-electron chi connectivity index (χ3n) is 2.98. The van der Waals surface area contributed by atoms with Crippen LogP contribution < -0.4 is 10.9 Å². The Morgan fingerprint density at radius 1 is 1.57 bits per heavy atom. The molecule has 0 fully saturated rings. The number of quaternary nitrogens is 1. The van der Waals surface area contributed by atoms with Crippen molar-refractivity contribution in [3.05, 3.63) is 39.3 Å². The second-order valence-corrected chi connectivity index (χ2v) is 5.49. The van der Waals surface area contributed by atoms with Gasteiger partial charge in [-0.15, -0.1) is 11.3 Å². The maximum absolute atomic E-state index is 12.2. The Kier molecular flexibility index (Phi) is 4.87. The largest absolute Gasteiger partial charge is 0.462 e. The van der Waals surface area contributed by atoms with Gasteiger partial charge in [-0.25, -0.2) is 9.78 Å². The predicted molar refractivity (Wildman–Crippen MR) is 81.6 cm³/mol. The fourth-order valence-corrected chi connectivity index (χ4v) is 3.11. The molecular formula is C14H18N3O3S+. The van der Waals surface area contributed by atoms with E-state index in [0.29, 0.717) is 39.6 Å². The van der Waals surface area contributed by atoms with Crippen molar-refractivity contribution in [3.8, 4) is 0 Å². The Balaban J connectivity index is 2.42. The Labute approximate surface area is 125 Å². The average molecular weight is 308 g/mol. The molecule has 21 heavy (non-hydrogen) atoms. The number of rotatable bonds is 6. The van der Waals surface area contributed by atoms with Crippen LogP contribution in [0.25, 0.3) is 10.2 Å². The Hall–Kier alpha value is -1.99. The zero-order chi connectivity index (χ0) is 15.4. The third kappa shape index (κ3) is 3.20. The van der Waals surface area contributed by atoms with Crippen LogP contribution in [0.1, 0.15) is 28.0 Å². The monoisotopic (exact) mass is 308 g/mol. The van der Waals surface area contributed by atoms with Crippen LogP contribution in [0.3, 0.4) is 0 Å². The lowest BCUT2D eigenvalue weighted by Crippen LogP contribution is -2.82. The van der Waals surface area contributed by atoms with Crippen molar-refractivity contribution in [2.24, 2.45) is 0 Å². The van der Waals surface area contributed by atoms with Gasteiger partial charge in [0, 0.05) is 0 Å². The number of thiophene rings is 1. The van der Waals surface area contributed by atoms with E-state index >= 15 is 0 Å². The zero-order valence-electron chi connectivity index (χ0n) is 12.1. The van der Waals surface area contributed by atoms with Gasteiger partial charge in [-0.05, 0) is 25.5 Å². The van der Waals surface area contributed by atoms with E-state index in [4.69, 9.17) is 4.74 Å². The first kappa shape index (κ1) is 15.4. The summed E-state index contributed by atoms with van der Waals surface area (Å²) in [5, 5.41) is 2.44. The maximum Gasteiger partial charge on any atom is 0.348 e. The highest BCUT2D eigenvalue weighted by Crippen LogP contribution is 2.27. The summed E-state index contributed by atoms with van der Waals surface area (Å²) in [6, 6.07) is 0. The number of aromatic nitrogens is 2. The molecule has 0 spiro atoms. The number of carbonyl (C=O) groups excluding carboxylic acids is 1. The van der Waals surface area contributed by atoms with Crippen LogP contribution in [0.2, 0.25) is 0 Å². The smallest absolute Gasteiger partial charge is 0.348 e. The van der Waals surface area contributed by atoms with Gasteiger partial charge in [0.15, 0.2) is 5.82 Å². The third-order valence-corrected chi connectivity index (χ3v) is 4.15. The number of nitrogens with zero attached hydrogens (tertiary/aromatic N) is 1. The second kappa shape index (κ2) is 6.64. The van der Waals surface area contributed by atoms with E-state index in [-0.39, 0.29) is 5.56 Å². The number of H-pyrrole nitrogens is 1. The first-order valence-corrected chi connectivity index (χ1v) is 7.52. The van der Waals surface area contributed by atoms with Gasteiger partial charge < -0.3 is 15.0 Å². The van der Waals surface area contributed by atoms with Gasteiger partial charge in [0.25, 0.3) is 5.56 Å². The minimum Gasteiger partial charge on any atom is -0.462 e. The van der Waals surface area contributed by atoms with E-state index in [1.54, 1.807) is 19.9 Å². The van der Waals surface area contributed by atoms with E-state index < -0.39 is 5.97 Å². The molecule has 2 aromatic rings. The Morgan fingerprint density at radius 2 is 2.33 bits per heavy atom. The molecule has 0 aliphatic heterocycles. The topological polar surface area (TPSA) is 88.7 Å². The van der Waals surface area contributed by atoms with Crippen LogP contribution in [0, 0.1) is 6.92 Å². The molecule has 0 aliphatic carbocycles. The van der Waals surface area contributed by atoms with Crippen molar-refractivity contribution < 1.29 is 14.8 Å². The van der Waals surface area contributed by atoms with E-state index in [1.807, 2.05) is 5.32 Å². The molecule has 0 amide bonds. The molecule has 112 valence electrons. The van der Waals surface area contributed by atoms with Crippen LogP contribution in [-0.2, 0) is 11.3 Å². The number of fused-ring (bicyclic) bond motifs is 1. The summed E-state index contributed by atoms with van der Waals surface area (Å²) in [5.41, 5.74) is 0.412. The van der Waals surface area contributed by atoms with Gasteiger partial charge in [-0.3, -0.25) is 4.79 Å². The van der Waals surface area contributed by atoms with Crippen molar-refractivity contribution in [1.82, 2.24) is 9.97 Å². The molecule has 0 unspecified atom stereocenters. The number of nitrogens with two attached hydrogens (primary N) is 1. The van der Waals surface area contributed by atoms with Gasteiger partial charge >= 0.3 is 5.97 Å². The van der Waals surface area contributed by atoms with E-state index in [9.17, 15) is 9.59 Å². The standard InChI is InChI=1S/C14H17N3O3S/c1-4-6-15-7-9-16-12(18)10-8(3)11(14(19)20-5-2)21-13(10)17-9/h4,15H,1,5-7H2,2-3H3,(H,16,17,18)/p+1. The van der Waals surface area contributed by atoms with E-state index in [1.165, 1.54) is 11.3 Å². The van der Waals surface area contributed by atoms with Crippen LogP contribution in [-0.4, -0.2) is 29.1 Å². The second-order valence-electron chi connectivity index (χ2n) is 4.49. The number of carbonyl (C=O) groups is 1. The molecule has 2 aromatic heterocycles. The summed E-state index contributed by atoms with van der Waals surface area (Å²) in [7, 11) is 0. The lowest BCUT2D eigenvalue weighted by molar-refractivity contribution is -0.663. The minimum absolute atomic E-state index is 0.216. The Bertz CT molecular complexity index is 733. The van der Waals surface area contributed by atoms with Gasteiger partial charge in [-0.2, -0.15) is 0 Å². The summed E-state index contributed by atoms with van der Waals surface area (Å²) < 4.78 is 5.00. The lowest BCUT2D eigenvalue weighted by atomic mass is 10.2. The highest BCUT2D eigenvalue weighted by Gasteiger charge is 2.20. The van der Waals surface area contributed by atoms with Crippen molar-refractivity contribution in [3.63, 3.8) is 0 Å². The molecule has 2 rings (SSSR count). The fourth-order valence-electron chi connectivity index (χ4n) is 2.01. The molecule has 0 aliphatic rings. The van der Waals surface area contributed by atoms with Gasteiger partial charge in [0.1, 0.15) is 16.3 Å². The molecule has 0 saturated carbocycles. The number of ether oxygens (including phenoxy) is 1. The summed E-state index contributed by atoms with van der Waals surface area (Å²) in [6.07, 6.45) is 1.78. The predicted octanol–water partition coefficient (Wildman–Crippen LogP) is 0.719. The van der Waals surface area contributed by atoms with Gasteiger partial charge in [0.2, 0.25) is 0 Å². The molecule has 0 radical (unpaired) electrons. The SMILES string of the molecule is C=CC[NH2+]Cc1nc2sc(C(=O)OCC)c(C)c2c(=O)[nH]1. The van der Waals surface area contributed by atoms with E-state index in [2.05, 4.69) is 16.5 Å². The van der Waals surface area contributed by atoms with Crippen molar-refractivity contribution in [2.45, 2.75) is 20.4 Å². The van der Waals surface area contributed by atoms with Crippen LogP contribution in [0.4, 0.5) is 0 Å². The van der Waals surface area contributed by atoms with Crippen LogP contribution >= 0.6 is 11.3 Å². The number of aryl methyl sites for hydroxylation is 1. The van der Waals surface area contributed by atoms with Crippen molar-refractivity contribution >= 4 is 27.5 Å². The molecule has 0 saturated heterocycles. The molecular weight excluding hydrogens is 290 g/mol. The molecule has 7 heteroatoms. The summed E-state index contributed by atoms with van der Waals surface area (Å²) >= 11 is 1.20. The normalized spacial score (nSPS) is 10.8. The lowest BCUT2D eigenvalue weighted by Gasteiger charge is -1.99. The first-order valence-electron chi connectivity index (χ1n) is 6.70. The molecule has 0 aromatic carbocycles. The van der Waals surface area contributed by atoms with Gasteiger partial charge in [0.05, 0.1) is 18.5 Å². The molecule has 2 heterocycles. The van der Waals surface area contributed by atoms with Crippen LogP contribution in [0.5, 0.6) is 0 Å². The van der Waals surface area contributed by atoms with Crippen molar-refractivity contribution in [2.75, 3.05) is 13.2 Å². The average Bonchev–Trinajstić information content (AvgIpc) is 2.77. The fraction of sp³-hybridized carbons (Fsp3) is 0.357. The Morgan fingerprint density at radius 3 is 3.00 bits per heavy atom. The van der Waals surface area contributed by atoms with E-state index in [0.717, 1.165) is 6.54 Å². The number of hydrogen-bond acceptors (Lipinski definition) is 5. The highest BCUT2D eigenvalue weighted by atomic mass is 32.1. The number of nitrogens with one attached hydrogen (secondary N) is 1. The van der Waals surface area contributed by atoms with Gasteiger partial charge in [-0.1, -0.05) is 6.58 Å². The number of hydrogen-bond donors (Lipinski definition) is 2. The molecule has 3 N–H and O–H groups in total. The minimum atomic E-state index is -0.405. The van der Waals surface area contributed by atoms with Crippen molar-refractivity contribution in [1.29, 1.82) is 0 Å². The number of esters is 1. The maximum atomic E-state index is 12.2. The molecule has 0 bridgehead atoms. The van der Waals surface area contributed by atoms with Crippen LogP contribution in [0.15, 0.2) is 17.4 Å². The quantitative estimate of drug-likeness (QED) is 0.467. The zero-order valence-corrected chi connectivity index (χ0v) is 12.9. The summed E-state index contributed by atoms with van der Waals surface area (Å²) in [4.78, 5) is 32.2.